The summed E-state index contributed by atoms with van der Waals surface area (Å²) in [6.45, 7) is 2.02. The smallest absolute Gasteiger partial charge is 0.270 e. The van der Waals surface area contributed by atoms with Crippen molar-refractivity contribution in [3.63, 3.8) is 0 Å². The molecule has 0 fully saturated rings. The second-order valence-electron chi connectivity index (χ2n) is 4.69. The van der Waals surface area contributed by atoms with Gasteiger partial charge in [0.05, 0.1) is 4.92 Å². The van der Waals surface area contributed by atoms with Gasteiger partial charge in [0.15, 0.2) is 0 Å². The Morgan fingerprint density at radius 1 is 1.23 bits per heavy atom. The Labute approximate surface area is 128 Å². The average molecular weight is 296 g/mol. The molecule has 5 heteroatoms. The lowest BCUT2D eigenvalue weighted by Gasteiger charge is -2.07. The molecule has 0 spiro atoms. The van der Waals surface area contributed by atoms with Gasteiger partial charge in [-0.15, -0.1) is 0 Å². The van der Waals surface area contributed by atoms with E-state index in [4.69, 9.17) is 0 Å². The summed E-state index contributed by atoms with van der Waals surface area (Å²) in [7, 11) is 0. The van der Waals surface area contributed by atoms with E-state index in [0.29, 0.717) is 5.56 Å². The van der Waals surface area contributed by atoms with E-state index in [9.17, 15) is 14.9 Å². The number of aryl methyl sites for hydroxylation is 1. The minimum atomic E-state index is -0.463. The van der Waals surface area contributed by atoms with E-state index in [1.165, 1.54) is 18.2 Å². The van der Waals surface area contributed by atoms with Gasteiger partial charge in [0.2, 0.25) is 5.91 Å². The first-order valence-electron chi connectivity index (χ1n) is 6.91. The number of carbonyl (C=O) groups excluding carboxylic acids is 1. The fourth-order valence-corrected chi connectivity index (χ4v) is 2.04. The second-order valence-corrected chi connectivity index (χ2v) is 4.69. The number of nitro benzene ring substituents is 1. The molecule has 0 aromatic heterocycles. The van der Waals surface area contributed by atoms with Crippen LogP contribution in [0.25, 0.3) is 6.08 Å². The quantitative estimate of drug-likeness (QED) is 0.518. The first kappa shape index (κ1) is 15.4. The molecule has 0 bridgehead atoms. The van der Waals surface area contributed by atoms with Crippen LogP contribution in [0, 0.1) is 10.1 Å². The molecule has 112 valence electrons. The van der Waals surface area contributed by atoms with Crippen LogP contribution in [0.2, 0.25) is 0 Å². The zero-order chi connectivity index (χ0) is 15.9. The van der Waals surface area contributed by atoms with Gasteiger partial charge in [-0.2, -0.15) is 0 Å². The van der Waals surface area contributed by atoms with E-state index >= 15 is 0 Å². The first-order chi connectivity index (χ1) is 10.6. The van der Waals surface area contributed by atoms with E-state index in [-0.39, 0.29) is 11.6 Å². The Morgan fingerprint density at radius 3 is 2.73 bits per heavy atom. The topological polar surface area (TPSA) is 72.2 Å². The summed E-state index contributed by atoms with van der Waals surface area (Å²) in [5.74, 6) is -0.271. The highest BCUT2D eigenvalue weighted by Gasteiger charge is 2.05. The minimum Gasteiger partial charge on any atom is -0.322 e. The number of amides is 1. The van der Waals surface area contributed by atoms with Gasteiger partial charge >= 0.3 is 0 Å². The number of nitrogens with zero attached hydrogens (tertiary/aromatic N) is 1. The summed E-state index contributed by atoms with van der Waals surface area (Å²) in [6.07, 6.45) is 3.74. The lowest BCUT2D eigenvalue weighted by Crippen LogP contribution is -2.09. The lowest BCUT2D eigenvalue weighted by atomic mass is 10.1. The van der Waals surface area contributed by atoms with Crippen molar-refractivity contribution < 1.29 is 9.72 Å². The van der Waals surface area contributed by atoms with Crippen molar-refractivity contribution in [1.82, 2.24) is 0 Å². The third-order valence-electron chi connectivity index (χ3n) is 3.16. The average Bonchev–Trinajstić information content (AvgIpc) is 2.53. The number of hydrogen-bond acceptors (Lipinski definition) is 3. The molecule has 22 heavy (non-hydrogen) atoms. The Bertz CT molecular complexity index is 723. The molecule has 0 heterocycles. The first-order valence-corrected chi connectivity index (χ1v) is 6.91. The Balaban J connectivity index is 2.08. The maximum absolute atomic E-state index is 11.9. The van der Waals surface area contributed by atoms with Crippen LogP contribution >= 0.6 is 0 Å². The van der Waals surface area contributed by atoms with Gasteiger partial charge in [-0.1, -0.05) is 37.3 Å². The number of carbonyl (C=O) groups is 1. The van der Waals surface area contributed by atoms with E-state index in [2.05, 4.69) is 5.32 Å². The number of nitrogens with one attached hydrogen (secondary N) is 1. The molecule has 1 N–H and O–H groups in total. The molecular formula is C17H16N2O3. The number of anilines is 1. The molecule has 2 aromatic carbocycles. The monoisotopic (exact) mass is 296 g/mol. The summed E-state index contributed by atoms with van der Waals surface area (Å²) in [4.78, 5) is 22.2. The molecule has 0 atom stereocenters. The zero-order valence-electron chi connectivity index (χ0n) is 12.2. The van der Waals surface area contributed by atoms with Crippen molar-refractivity contribution in [3.05, 3.63) is 75.8 Å². The summed E-state index contributed by atoms with van der Waals surface area (Å²) in [5, 5.41) is 13.5. The largest absolute Gasteiger partial charge is 0.322 e. The second kappa shape index (κ2) is 7.17. The highest BCUT2D eigenvalue weighted by molar-refractivity contribution is 6.02. The number of non-ortho nitro benzene ring substituents is 1. The zero-order valence-corrected chi connectivity index (χ0v) is 12.2. The van der Waals surface area contributed by atoms with Gasteiger partial charge in [0.1, 0.15) is 0 Å². The van der Waals surface area contributed by atoms with Crippen molar-refractivity contribution in [1.29, 1.82) is 0 Å². The Kier molecular flexibility index (Phi) is 5.03. The number of nitro groups is 1. The highest BCUT2D eigenvalue weighted by Crippen LogP contribution is 2.16. The van der Waals surface area contributed by atoms with Gasteiger partial charge in [-0.05, 0) is 29.7 Å². The molecule has 5 nitrogen and oxygen atoms in total. The fraction of sp³-hybridized carbons (Fsp3) is 0.118. The van der Waals surface area contributed by atoms with E-state index in [1.54, 1.807) is 18.2 Å². The number of hydrogen-bond donors (Lipinski definition) is 1. The fourth-order valence-electron chi connectivity index (χ4n) is 2.04. The SMILES string of the molecule is CCc1ccccc1NC(=O)C=Cc1cccc([N+](=O)[O-])c1. The predicted molar refractivity (Wildman–Crippen MR) is 86.6 cm³/mol. The third kappa shape index (κ3) is 4.02. The number of rotatable bonds is 5. The predicted octanol–water partition coefficient (Wildman–Crippen LogP) is 3.81. The van der Waals surface area contributed by atoms with Crippen molar-refractivity contribution in [2.45, 2.75) is 13.3 Å². The molecule has 0 aliphatic heterocycles. The van der Waals surface area contributed by atoms with E-state index < -0.39 is 4.92 Å². The Hall–Kier alpha value is -2.95. The van der Waals surface area contributed by atoms with Crippen LogP contribution in [0.5, 0.6) is 0 Å². The Morgan fingerprint density at radius 2 is 2.00 bits per heavy atom. The highest BCUT2D eigenvalue weighted by atomic mass is 16.6. The molecule has 1 amide bonds. The van der Waals surface area contributed by atoms with Crippen molar-refractivity contribution >= 4 is 23.4 Å². The molecule has 0 radical (unpaired) electrons. The summed E-state index contributed by atoms with van der Waals surface area (Å²) in [5.41, 5.74) is 2.44. The van der Waals surface area contributed by atoms with Gasteiger partial charge < -0.3 is 5.32 Å². The van der Waals surface area contributed by atoms with Crippen LogP contribution in [-0.2, 0) is 11.2 Å². The van der Waals surface area contributed by atoms with Crippen LogP contribution in [0.3, 0.4) is 0 Å². The van der Waals surface area contributed by atoms with Crippen molar-refractivity contribution in [2.24, 2.45) is 0 Å². The van der Waals surface area contributed by atoms with Crippen molar-refractivity contribution in [3.8, 4) is 0 Å². The maximum Gasteiger partial charge on any atom is 0.270 e. The third-order valence-corrected chi connectivity index (χ3v) is 3.16. The summed E-state index contributed by atoms with van der Waals surface area (Å²) in [6, 6.07) is 13.7. The van der Waals surface area contributed by atoms with Crippen molar-refractivity contribution in [2.75, 3.05) is 5.32 Å². The molecule has 0 aliphatic carbocycles. The van der Waals surface area contributed by atoms with Gasteiger partial charge in [0.25, 0.3) is 5.69 Å². The van der Waals surface area contributed by atoms with E-state index in [0.717, 1.165) is 17.7 Å². The standard InChI is InChI=1S/C17H16N2O3/c1-2-14-7-3-4-9-16(14)18-17(20)11-10-13-6-5-8-15(12-13)19(21)22/h3-12H,2H2,1H3,(H,18,20). The van der Waals surface area contributed by atoms with Gasteiger partial charge in [-0.3, -0.25) is 14.9 Å². The van der Waals surface area contributed by atoms with Crippen LogP contribution in [0.4, 0.5) is 11.4 Å². The van der Waals surface area contributed by atoms with Crippen LogP contribution in [-0.4, -0.2) is 10.8 Å². The van der Waals surface area contributed by atoms with Crippen LogP contribution in [0.1, 0.15) is 18.1 Å². The molecule has 0 saturated carbocycles. The summed E-state index contributed by atoms with van der Waals surface area (Å²) < 4.78 is 0. The van der Waals surface area contributed by atoms with Gasteiger partial charge in [-0.25, -0.2) is 0 Å². The number of para-hydroxylation sites is 1. The molecular weight excluding hydrogens is 280 g/mol. The van der Waals surface area contributed by atoms with E-state index in [1.807, 2.05) is 31.2 Å². The van der Waals surface area contributed by atoms with Gasteiger partial charge in [0, 0.05) is 23.9 Å². The molecule has 2 rings (SSSR count). The molecule has 0 aliphatic rings. The summed E-state index contributed by atoms with van der Waals surface area (Å²) >= 11 is 0. The normalized spacial score (nSPS) is 10.6. The maximum atomic E-state index is 11.9. The molecule has 0 saturated heterocycles. The molecule has 0 unspecified atom stereocenters. The van der Waals surface area contributed by atoms with Crippen LogP contribution in [0.15, 0.2) is 54.6 Å². The molecule has 2 aromatic rings. The van der Waals surface area contributed by atoms with Crippen LogP contribution < -0.4 is 5.32 Å². The minimum absolute atomic E-state index is 0.00103. The number of benzene rings is 2. The lowest BCUT2D eigenvalue weighted by molar-refractivity contribution is -0.384.